The lowest BCUT2D eigenvalue weighted by Crippen LogP contribution is -2.33. The van der Waals surface area contributed by atoms with E-state index in [9.17, 15) is 13.2 Å². The Morgan fingerprint density at radius 2 is 1.76 bits per heavy atom. The second-order valence-corrected chi connectivity index (χ2v) is 10.5. The van der Waals surface area contributed by atoms with Crippen molar-refractivity contribution >= 4 is 37.5 Å². The first kappa shape index (κ1) is 24.7. The molecule has 0 bridgehead atoms. The maximum Gasteiger partial charge on any atom is 0.279 e. The Morgan fingerprint density at radius 1 is 1.15 bits per heavy atom. The van der Waals surface area contributed by atoms with Gasteiger partial charge in [0.2, 0.25) is 10.0 Å². The lowest BCUT2D eigenvalue weighted by molar-refractivity contribution is 0.0997. The molecule has 1 aromatic heterocycles. The number of carbonyl (C=O) groups is 1. The molecule has 0 N–H and O–H groups in total. The monoisotopic (exact) mass is 489 g/mol. The maximum absolute atomic E-state index is 12.9. The highest BCUT2D eigenvalue weighted by atomic mass is 32.2. The molecule has 0 unspecified atom stereocenters. The third-order valence-electron chi connectivity index (χ3n) is 5.21. The highest BCUT2D eigenvalue weighted by Crippen LogP contribution is 2.35. The van der Waals surface area contributed by atoms with Crippen molar-refractivity contribution in [3.63, 3.8) is 0 Å². The molecular formula is C23H27N3O5S2. The Kier molecular flexibility index (Phi) is 7.41. The van der Waals surface area contributed by atoms with Gasteiger partial charge in [0.25, 0.3) is 5.91 Å². The SMILES string of the molecule is C=CCn1c(=NC(=O)c2ccc(S(=O)(=O)N(C)C(C)C)cc2)sc2c(OC)ccc(OC)c21. The van der Waals surface area contributed by atoms with Gasteiger partial charge in [0.1, 0.15) is 21.7 Å². The minimum Gasteiger partial charge on any atom is -0.495 e. The molecule has 0 fully saturated rings. The molecule has 0 aliphatic carbocycles. The number of sulfonamides is 1. The lowest BCUT2D eigenvalue weighted by atomic mass is 10.2. The van der Waals surface area contributed by atoms with E-state index in [-0.39, 0.29) is 16.5 Å². The van der Waals surface area contributed by atoms with E-state index < -0.39 is 15.9 Å². The zero-order valence-corrected chi connectivity index (χ0v) is 20.9. The minimum absolute atomic E-state index is 0.119. The Balaban J connectivity index is 2.08. The number of ether oxygens (including phenoxy) is 2. The Hall–Kier alpha value is -2.95. The van der Waals surface area contributed by atoms with Crippen LogP contribution in [0.1, 0.15) is 24.2 Å². The van der Waals surface area contributed by atoms with Crippen LogP contribution in [-0.4, -0.2) is 50.5 Å². The molecule has 0 atom stereocenters. The molecule has 0 saturated carbocycles. The van der Waals surface area contributed by atoms with Gasteiger partial charge in [-0.3, -0.25) is 4.79 Å². The Bertz CT molecular complexity index is 1350. The van der Waals surface area contributed by atoms with Gasteiger partial charge in [0.15, 0.2) is 4.80 Å². The van der Waals surface area contributed by atoms with Gasteiger partial charge in [-0.2, -0.15) is 9.30 Å². The van der Waals surface area contributed by atoms with E-state index in [4.69, 9.17) is 9.47 Å². The van der Waals surface area contributed by atoms with Gasteiger partial charge in [-0.05, 0) is 50.2 Å². The van der Waals surface area contributed by atoms with Gasteiger partial charge in [-0.1, -0.05) is 17.4 Å². The first-order valence-corrected chi connectivity index (χ1v) is 12.4. The summed E-state index contributed by atoms with van der Waals surface area (Å²) in [6, 6.07) is 9.20. The van der Waals surface area contributed by atoms with Crippen LogP contribution in [0.4, 0.5) is 0 Å². The first-order valence-electron chi connectivity index (χ1n) is 10.2. The van der Waals surface area contributed by atoms with Crippen molar-refractivity contribution in [1.82, 2.24) is 8.87 Å². The van der Waals surface area contributed by atoms with Crippen LogP contribution >= 0.6 is 11.3 Å². The summed E-state index contributed by atoms with van der Waals surface area (Å²) in [6.07, 6.45) is 1.71. The van der Waals surface area contributed by atoms with E-state index in [1.807, 2.05) is 4.57 Å². The highest BCUT2D eigenvalue weighted by molar-refractivity contribution is 7.89. The van der Waals surface area contributed by atoms with E-state index in [2.05, 4.69) is 11.6 Å². The number of thiazole rings is 1. The Labute approximate surface area is 197 Å². The summed E-state index contributed by atoms with van der Waals surface area (Å²) < 4.78 is 40.2. The predicted molar refractivity (Wildman–Crippen MR) is 130 cm³/mol. The van der Waals surface area contributed by atoms with Crippen molar-refractivity contribution < 1.29 is 22.7 Å². The number of nitrogens with zero attached hydrogens (tertiary/aromatic N) is 3. The number of methoxy groups -OCH3 is 2. The van der Waals surface area contributed by atoms with Crippen molar-refractivity contribution in [3.05, 3.63) is 59.4 Å². The third kappa shape index (κ3) is 4.73. The van der Waals surface area contributed by atoms with Crippen molar-refractivity contribution in [1.29, 1.82) is 0 Å². The van der Waals surface area contributed by atoms with Crippen LogP contribution in [0.25, 0.3) is 10.2 Å². The van der Waals surface area contributed by atoms with E-state index in [0.717, 1.165) is 10.2 Å². The molecule has 0 saturated heterocycles. The lowest BCUT2D eigenvalue weighted by Gasteiger charge is -2.20. The fourth-order valence-electron chi connectivity index (χ4n) is 3.20. The largest absolute Gasteiger partial charge is 0.495 e. The summed E-state index contributed by atoms with van der Waals surface area (Å²) in [5.41, 5.74) is 1.04. The molecule has 176 valence electrons. The summed E-state index contributed by atoms with van der Waals surface area (Å²) in [7, 11) is 1.04. The smallest absolute Gasteiger partial charge is 0.279 e. The third-order valence-corrected chi connectivity index (χ3v) is 8.35. The number of carbonyl (C=O) groups excluding carboxylic acids is 1. The van der Waals surface area contributed by atoms with Crippen LogP contribution in [0, 0.1) is 0 Å². The number of benzene rings is 2. The second-order valence-electron chi connectivity index (χ2n) is 7.49. The molecule has 2 aromatic carbocycles. The van der Waals surface area contributed by atoms with Crippen LogP contribution in [-0.2, 0) is 16.6 Å². The standard InChI is InChI=1S/C23H27N3O5S2/c1-7-14-26-20-18(30-5)12-13-19(31-6)21(20)32-23(26)24-22(27)16-8-10-17(11-9-16)33(28,29)25(4)15(2)3/h7-13,15H,1,14H2,2-6H3. The average Bonchev–Trinajstić information content (AvgIpc) is 3.16. The molecule has 8 nitrogen and oxygen atoms in total. The van der Waals surface area contributed by atoms with Gasteiger partial charge in [0.05, 0.1) is 19.1 Å². The van der Waals surface area contributed by atoms with Crippen LogP contribution < -0.4 is 14.3 Å². The zero-order valence-electron chi connectivity index (χ0n) is 19.2. The van der Waals surface area contributed by atoms with Gasteiger partial charge >= 0.3 is 0 Å². The molecule has 3 aromatic rings. The maximum atomic E-state index is 12.9. The van der Waals surface area contributed by atoms with E-state index in [0.29, 0.717) is 22.8 Å². The number of hydrogen-bond donors (Lipinski definition) is 0. The molecule has 1 heterocycles. The molecule has 3 rings (SSSR count). The normalized spacial score (nSPS) is 12.5. The zero-order chi connectivity index (χ0) is 24.3. The van der Waals surface area contributed by atoms with Crippen LogP contribution in [0.5, 0.6) is 11.5 Å². The fourth-order valence-corrected chi connectivity index (χ4v) is 5.72. The average molecular weight is 490 g/mol. The Morgan fingerprint density at radius 3 is 2.30 bits per heavy atom. The van der Waals surface area contributed by atoms with E-state index >= 15 is 0 Å². The van der Waals surface area contributed by atoms with Crippen molar-refractivity contribution in [2.24, 2.45) is 4.99 Å². The van der Waals surface area contributed by atoms with Crippen LogP contribution in [0.3, 0.4) is 0 Å². The summed E-state index contributed by atoms with van der Waals surface area (Å²) in [5, 5.41) is 0. The van der Waals surface area contributed by atoms with Crippen molar-refractivity contribution in [3.8, 4) is 11.5 Å². The number of allylic oxidation sites excluding steroid dienone is 1. The van der Waals surface area contributed by atoms with Gasteiger partial charge in [-0.15, -0.1) is 6.58 Å². The second kappa shape index (κ2) is 9.90. The van der Waals surface area contributed by atoms with Gasteiger partial charge in [0, 0.05) is 25.2 Å². The first-order chi connectivity index (χ1) is 15.6. The summed E-state index contributed by atoms with van der Waals surface area (Å²) >= 11 is 1.30. The van der Waals surface area contributed by atoms with E-state index in [1.54, 1.807) is 46.3 Å². The van der Waals surface area contributed by atoms with Crippen LogP contribution in [0.2, 0.25) is 0 Å². The van der Waals surface area contributed by atoms with Crippen molar-refractivity contribution in [2.45, 2.75) is 31.3 Å². The number of fused-ring (bicyclic) bond motifs is 1. The number of amides is 1. The summed E-state index contributed by atoms with van der Waals surface area (Å²) in [5.74, 6) is 0.784. The molecule has 10 heteroatoms. The molecule has 0 radical (unpaired) electrons. The molecule has 1 amide bonds. The number of rotatable bonds is 8. The fraction of sp³-hybridized carbons (Fsp3) is 0.304. The quantitative estimate of drug-likeness (QED) is 0.450. The predicted octanol–water partition coefficient (Wildman–Crippen LogP) is 3.68. The topological polar surface area (TPSA) is 90.2 Å². The van der Waals surface area contributed by atoms with Crippen LogP contribution in [0.15, 0.2) is 58.9 Å². The summed E-state index contributed by atoms with van der Waals surface area (Å²) in [6.45, 7) is 7.80. The molecule has 33 heavy (non-hydrogen) atoms. The van der Waals surface area contributed by atoms with Gasteiger partial charge in [-0.25, -0.2) is 8.42 Å². The number of hydrogen-bond acceptors (Lipinski definition) is 6. The van der Waals surface area contributed by atoms with Gasteiger partial charge < -0.3 is 14.0 Å². The van der Waals surface area contributed by atoms with Crippen molar-refractivity contribution in [2.75, 3.05) is 21.3 Å². The molecule has 0 aliphatic rings. The minimum atomic E-state index is -3.64. The molecule has 0 aliphatic heterocycles. The highest BCUT2D eigenvalue weighted by Gasteiger charge is 2.23. The van der Waals surface area contributed by atoms with E-state index in [1.165, 1.54) is 47.0 Å². The number of aromatic nitrogens is 1. The molecule has 0 spiro atoms. The molecular weight excluding hydrogens is 462 g/mol. The summed E-state index contributed by atoms with van der Waals surface area (Å²) in [4.78, 5) is 17.8.